The summed E-state index contributed by atoms with van der Waals surface area (Å²) in [6.45, 7) is 6.27. The zero-order valence-corrected chi connectivity index (χ0v) is 21.9. The van der Waals surface area contributed by atoms with Crippen molar-refractivity contribution >= 4 is 23.1 Å². The number of rotatable bonds is 11. The van der Waals surface area contributed by atoms with E-state index in [0.717, 1.165) is 5.56 Å². The number of fused-ring (bicyclic) bond motifs is 1. The summed E-state index contributed by atoms with van der Waals surface area (Å²) >= 11 is 5.96. The molecule has 1 aromatic carbocycles. The average Bonchev–Trinajstić information content (AvgIpc) is 2.85. The maximum Gasteiger partial charge on any atom is 0.343 e. The van der Waals surface area contributed by atoms with Crippen LogP contribution in [0.2, 0.25) is 5.02 Å². The number of aromatic nitrogens is 1. The van der Waals surface area contributed by atoms with Gasteiger partial charge in [0.2, 0.25) is 0 Å². The molecule has 0 saturated carbocycles. The molecule has 0 unspecified atom stereocenters. The summed E-state index contributed by atoms with van der Waals surface area (Å²) in [6, 6.07) is 8.06. The molecule has 2 aromatic heterocycles. The van der Waals surface area contributed by atoms with Crippen molar-refractivity contribution in [3.63, 3.8) is 0 Å². The van der Waals surface area contributed by atoms with Gasteiger partial charge in [-0.05, 0) is 36.1 Å². The Bertz CT molecular complexity index is 1290. The number of hydrogen-bond acceptors (Lipinski definition) is 6. The Labute approximate surface area is 214 Å². The van der Waals surface area contributed by atoms with Gasteiger partial charge in [-0.15, -0.1) is 0 Å². The molecule has 36 heavy (non-hydrogen) atoms. The predicted octanol–water partition coefficient (Wildman–Crippen LogP) is 5.23. The quantitative estimate of drug-likeness (QED) is 0.196. The maximum absolute atomic E-state index is 14.7. The molecule has 2 heterocycles. The summed E-state index contributed by atoms with van der Waals surface area (Å²) in [4.78, 5) is 26.2. The fourth-order valence-electron chi connectivity index (χ4n) is 4.15. The Kier molecular flexibility index (Phi) is 9.48. The van der Waals surface area contributed by atoms with E-state index in [4.69, 9.17) is 30.5 Å². The molecular formula is C27H31ClFNO6. The molecule has 0 fully saturated rings. The van der Waals surface area contributed by atoms with Crippen LogP contribution in [0.5, 0.6) is 5.75 Å². The predicted molar refractivity (Wildman–Crippen MR) is 136 cm³/mol. The molecule has 0 radical (unpaired) electrons. The third-order valence-electron chi connectivity index (χ3n) is 6.00. The first-order valence-electron chi connectivity index (χ1n) is 11.7. The van der Waals surface area contributed by atoms with Crippen LogP contribution in [0.1, 0.15) is 53.7 Å². The first kappa shape index (κ1) is 27.6. The summed E-state index contributed by atoms with van der Waals surface area (Å²) in [6.07, 6.45) is 1.71. The lowest BCUT2D eigenvalue weighted by Crippen LogP contribution is -2.27. The van der Waals surface area contributed by atoms with Gasteiger partial charge in [0.1, 0.15) is 23.9 Å². The van der Waals surface area contributed by atoms with Gasteiger partial charge in [0, 0.05) is 37.3 Å². The van der Waals surface area contributed by atoms with Crippen molar-refractivity contribution in [2.24, 2.45) is 5.92 Å². The van der Waals surface area contributed by atoms with Gasteiger partial charge in [0.05, 0.1) is 30.9 Å². The number of carbonyl (C=O) groups excluding carboxylic acids is 1. The Morgan fingerprint density at radius 2 is 1.92 bits per heavy atom. The van der Waals surface area contributed by atoms with Crippen molar-refractivity contribution in [1.82, 2.24) is 4.40 Å². The highest BCUT2D eigenvalue weighted by molar-refractivity contribution is 6.30. The van der Waals surface area contributed by atoms with Crippen molar-refractivity contribution < 1.29 is 28.1 Å². The normalized spacial score (nSPS) is 12.2. The first-order chi connectivity index (χ1) is 17.2. The van der Waals surface area contributed by atoms with Gasteiger partial charge in [0.25, 0.3) is 5.56 Å². The molecule has 0 aliphatic carbocycles. The van der Waals surface area contributed by atoms with Gasteiger partial charge in [-0.25, -0.2) is 9.18 Å². The molecule has 1 atom stereocenters. The first-order valence-corrected chi connectivity index (χ1v) is 12.0. The fourth-order valence-corrected chi connectivity index (χ4v) is 4.35. The number of nitrogens with zero attached hydrogens (tertiary/aromatic N) is 1. The standard InChI is InChI=1S/C27H31ClFNO6/c1-6-36-27(32)20-11-19(21(16(2)3)14-35-15-33-4)23-12-24(34-5)18(13-30(23)26(20)31)10-17-8-7-9-22(28)25(17)29/h7-9,11-13,16,21H,6,10,14-15H2,1-5H3/t21-/m1/s1. The zero-order valence-electron chi connectivity index (χ0n) is 21.1. The number of pyridine rings is 2. The topological polar surface area (TPSA) is 75.5 Å². The van der Waals surface area contributed by atoms with Crippen LogP contribution in [0, 0.1) is 11.7 Å². The molecule has 9 heteroatoms. The smallest absolute Gasteiger partial charge is 0.343 e. The second-order valence-corrected chi connectivity index (χ2v) is 9.09. The number of hydrogen-bond donors (Lipinski definition) is 0. The van der Waals surface area contributed by atoms with E-state index in [1.807, 2.05) is 13.8 Å². The summed E-state index contributed by atoms with van der Waals surface area (Å²) in [5.74, 6) is -0.852. The van der Waals surface area contributed by atoms with Crippen molar-refractivity contribution in [1.29, 1.82) is 0 Å². The SMILES string of the molecule is CCOC(=O)c1cc([C@H](COCOC)C(C)C)c2cc(OC)c(Cc3cccc(Cl)c3F)cn2c1=O. The number of esters is 1. The van der Waals surface area contributed by atoms with Gasteiger partial charge < -0.3 is 18.9 Å². The van der Waals surface area contributed by atoms with Crippen LogP contribution in [-0.2, 0) is 20.6 Å². The molecule has 7 nitrogen and oxygen atoms in total. The highest BCUT2D eigenvalue weighted by atomic mass is 35.5. The van der Waals surface area contributed by atoms with Crippen LogP contribution in [0.15, 0.2) is 41.3 Å². The van der Waals surface area contributed by atoms with Crippen LogP contribution >= 0.6 is 11.6 Å². The minimum absolute atomic E-state index is 0.00661. The molecule has 0 N–H and O–H groups in total. The monoisotopic (exact) mass is 519 g/mol. The molecule has 0 aliphatic heterocycles. The fraction of sp³-hybridized carbons (Fsp3) is 0.407. The second-order valence-electron chi connectivity index (χ2n) is 8.68. The van der Waals surface area contributed by atoms with E-state index in [9.17, 15) is 14.0 Å². The van der Waals surface area contributed by atoms with Crippen molar-refractivity contribution in [3.8, 4) is 5.75 Å². The minimum Gasteiger partial charge on any atom is -0.496 e. The molecule has 3 rings (SSSR count). The van der Waals surface area contributed by atoms with Gasteiger partial charge in [0.15, 0.2) is 0 Å². The molecule has 0 saturated heterocycles. The van der Waals surface area contributed by atoms with Crippen LogP contribution in [-0.4, -0.2) is 44.6 Å². The Morgan fingerprint density at radius 3 is 2.56 bits per heavy atom. The number of benzene rings is 1. The van der Waals surface area contributed by atoms with Crippen LogP contribution in [0.25, 0.3) is 5.52 Å². The van der Waals surface area contributed by atoms with E-state index in [1.54, 1.807) is 37.4 Å². The lowest BCUT2D eigenvalue weighted by atomic mass is 9.87. The van der Waals surface area contributed by atoms with Crippen molar-refractivity contribution in [2.45, 2.75) is 33.1 Å². The van der Waals surface area contributed by atoms with Crippen LogP contribution in [0.4, 0.5) is 4.39 Å². The van der Waals surface area contributed by atoms with Gasteiger partial charge in [-0.2, -0.15) is 0 Å². The highest BCUT2D eigenvalue weighted by Crippen LogP contribution is 2.33. The van der Waals surface area contributed by atoms with Crippen molar-refractivity contribution in [2.75, 3.05) is 34.2 Å². The van der Waals surface area contributed by atoms with Gasteiger partial charge in [-0.1, -0.05) is 37.6 Å². The number of methoxy groups -OCH3 is 2. The largest absolute Gasteiger partial charge is 0.496 e. The van der Waals surface area contributed by atoms with E-state index in [0.29, 0.717) is 29.0 Å². The number of carbonyl (C=O) groups is 1. The Hall–Kier alpha value is -2.94. The minimum atomic E-state index is -0.711. The number of ether oxygens (including phenoxy) is 4. The van der Waals surface area contributed by atoms with E-state index in [-0.39, 0.29) is 42.2 Å². The van der Waals surface area contributed by atoms with Crippen LogP contribution in [0.3, 0.4) is 0 Å². The van der Waals surface area contributed by atoms with E-state index in [2.05, 4.69) is 0 Å². The third-order valence-corrected chi connectivity index (χ3v) is 6.30. The van der Waals surface area contributed by atoms with Crippen molar-refractivity contribution in [3.05, 3.63) is 80.0 Å². The Morgan fingerprint density at radius 1 is 1.17 bits per heavy atom. The molecule has 0 bridgehead atoms. The number of halogens is 2. The molecule has 0 amide bonds. The zero-order chi connectivity index (χ0) is 26.4. The summed E-state index contributed by atoms with van der Waals surface area (Å²) < 4.78 is 37.5. The lowest BCUT2D eigenvalue weighted by Gasteiger charge is -2.24. The molecule has 0 aliphatic rings. The molecule has 0 spiro atoms. The van der Waals surface area contributed by atoms with Crippen LogP contribution < -0.4 is 10.3 Å². The molecular weight excluding hydrogens is 489 g/mol. The highest BCUT2D eigenvalue weighted by Gasteiger charge is 2.25. The second kappa shape index (κ2) is 12.3. The summed E-state index contributed by atoms with van der Waals surface area (Å²) in [5, 5.41) is 0.00661. The summed E-state index contributed by atoms with van der Waals surface area (Å²) in [5.41, 5.74) is 1.55. The maximum atomic E-state index is 14.7. The van der Waals surface area contributed by atoms with Gasteiger partial charge >= 0.3 is 5.97 Å². The molecule has 3 aromatic rings. The summed E-state index contributed by atoms with van der Waals surface area (Å²) in [7, 11) is 3.05. The third kappa shape index (κ3) is 5.88. The molecule has 194 valence electrons. The Balaban J connectivity index is 2.28. The lowest BCUT2D eigenvalue weighted by molar-refractivity contribution is -0.0389. The van der Waals surface area contributed by atoms with Gasteiger partial charge in [-0.3, -0.25) is 9.20 Å². The van der Waals surface area contributed by atoms with E-state index < -0.39 is 17.3 Å². The average molecular weight is 520 g/mol. The van der Waals surface area contributed by atoms with E-state index in [1.165, 1.54) is 24.7 Å². The van der Waals surface area contributed by atoms with E-state index >= 15 is 0 Å².